The number of hydrogen-bond acceptors (Lipinski definition) is 3. The standard InChI is InChI=1S/C15H22OS2/c1-16-13-5-7-14(8-6-13)18-12-15(11-17)9-3-2-4-10-15/h5-8,17H,2-4,9-12H2,1H3. The Balaban J connectivity index is 1.92. The molecular weight excluding hydrogens is 260 g/mol. The minimum atomic E-state index is 0.464. The Hall–Kier alpha value is -0.280. The van der Waals surface area contributed by atoms with E-state index in [9.17, 15) is 0 Å². The van der Waals surface area contributed by atoms with Crippen molar-refractivity contribution in [1.29, 1.82) is 0 Å². The quantitative estimate of drug-likeness (QED) is 0.621. The molecule has 1 nitrogen and oxygen atoms in total. The van der Waals surface area contributed by atoms with Crippen LogP contribution in [-0.2, 0) is 0 Å². The van der Waals surface area contributed by atoms with E-state index in [1.165, 1.54) is 42.8 Å². The Labute approximate surface area is 120 Å². The van der Waals surface area contributed by atoms with Crippen LogP contribution in [0, 0.1) is 5.41 Å². The van der Waals surface area contributed by atoms with Crippen LogP contribution >= 0.6 is 24.4 Å². The molecule has 0 bridgehead atoms. The van der Waals surface area contributed by atoms with Crippen LogP contribution in [0.2, 0.25) is 0 Å². The fourth-order valence-electron chi connectivity index (χ4n) is 2.56. The van der Waals surface area contributed by atoms with Gasteiger partial charge in [0.1, 0.15) is 5.75 Å². The van der Waals surface area contributed by atoms with Gasteiger partial charge in [-0.3, -0.25) is 0 Å². The topological polar surface area (TPSA) is 9.23 Å². The maximum absolute atomic E-state index is 5.18. The number of rotatable bonds is 5. The van der Waals surface area contributed by atoms with E-state index in [4.69, 9.17) is 4.74 Å². The number of thiol groups is 1. The molecule has 0 unspecified atom stereocenters. The largest absolute Gasteiger partial charge is 0.497 e. The molecule has 0 spiro atoms. The van der Waals surface area contributed by atoms with Gasteiger partial charge in [0.2, 0.25) is 0 Å². The molecular formula is C15H22OS2. The molecule has 0 saturated heterocycles. The lowest BCUT2D eigenvalue weighted by molar-refractivity contribution is 0.259. The molecule has 3 heteroatoms. The van der Waals surface area contributed by atoms with Gasteiger partial charge < -0.3 is 4.74 Å². The Bertz CT molecular complexity index is 355. The summed E-state index contributed by atoms with van der Waals surface area (Å²) < 4.78 is 5.18. The van der Waals surface area contributed by atoms with E-state index < -0.39 is 0 Å². The van der Waals surface area contributed by atoms with Crippen molar-refractivity contribution >= 4 is 24.4 Å². The predicted molar refractivity (Wildman–Crippen MR) is 83.1 cm³/mol. The van der Waals surface area contributed by atoms with Crippen LogP contribution < -0.4 is 4.74 Å². The van der Waals surface area contributed by atoms with Gasteiger partial charge in [-0.05, 0) is 48.3 Å². The van der Waals surface area contributed by atoms with Crippen molar-refractivity contribution < 1.29 is 4.74 Å². The smallest absolute Gasteiger partial charge is 0.118 e. The van der Waals surface area contributed by atoms with Crippen LogP contribution in [0.25, 0.3) is 0 Å². The first-order valence-corrected chi connectivity index (χ1v) is 8.28. The van der Waals surface area contributed by atoms with Crippen molar-refractivity contribution in [2.24, 2.45) is 5.41 Å². The second kappa shape index (κ2) is 6.76. The molecule has 1 aromatic rings. The van der Waals surface area contributed by atoms with Gasteiger partial charge in [0, 0.05) is 10.6 Å². The molecule has 1 aliphatic rings. The zero-order chi connectivity index (χ0) is 12.8. The first-order valence-electron chi connectivity index (χ1n) is 6.66. The summed E-state index contributed by atoms with van der Waals surface area (Å²) in [5.74, 6) is 3.15. The minimum Gasteiger partial charge on any atom is -0.497 e. The number of benzene rings is 1. The van der Waals surface area contributed by atoms with Gasteiger partial charge in [0.15, 0.2) is 0 Å². The summed E-state index contributed by atoms with van der Waals surface area (Å²) in [5, 5.41) is 0. The molecule has 0 heterocycles. The van der Waals surface area contributed by atoms with Gasteiger partial charge in [-0.1, -0.05) is 19.3 Å². The van der Waals surface area contributed by atoms with E-state index in [1.54, 1.807) is 7.11 Å². The summed E-state index contributed by atoms with van der Waals surface area (Å²) in [5.41, 5.74) is 0.464. The normalized spacial score (nSPS) is 18.6. The van der Waals surface area contributed by atoms with Gasteiger partial charge in [-0.2, -0.15) is 12.6 Å². The van der Waals surface area contributed by atoms with Crippen LogP contribution in [0.3, 0.4) is 0 Å². The van der Waals surface area contributed by atoms with Crippen molar-refractivity contribution in [3.05, 3.63) is 24.3 Å². The highest BCUT2D eigenvalue weighted by molar-refractivity contribution is 7.99. The minimum absolute atomic E-state index is 0.464. The Morgan fingerprint density at radius 2 is 1.83 bits per heavy atom. The number of methoxy groups -OCH3 is 1. The predicted octanol–water partition coefficient (Wildman–Crippen LogP) is 4.67. The van der Waals surface area contributed by atoms with Crippen molar-refractivity contribution in [1.82, 2.24) is 0 Å². The van der Waals surface area contributed by atoms with Gasteiger partial charge in [0.05, 0.1) is 7.11 Å². The Morgan fingerprint density at radius 3 is 2.39 bits per heavy atom. The Kier molecular flexibility index (Phi) is 5.31. The molecule has 1 aliphatic carbocycles. The fraction of sp³-hybridized carbons (Fsp3) is 0.600. The van der Waals surface area contributed by atoms with E-state index in [-0.39, 0.29) is 0 Å². The SMILES string of the molecule is COc1ccc(SCC2(CS)CCCCC2)cc1. The van der Waals surface area contributed by atoms with Crippen molar-refractivity contribution in [3.63, 3.8) is 0 Å². The molecule has 18 heavy (non-hydrogen) atoms. The molecule has 1 fully saturated rings. The van der Waals surface area contributed by atoms with E-state index in [0.717, 1.165) is 11.5 Å². The highest BCUT2D eigenvalue weighted by Crippen LogP contribution is 2.41. The zero-order valence-corrected chi connectivity index (χ0v) is 12.7. The molecule has 0 aliphatic heterocycles. The summed E-state index contributed by atoms with van der Waals surface area (Å²) in [6, 6.07) is 8.38. The van der Waals surface area contributed by atoms with E-state index in [1.807, 2.05) is 23.9 Å². The molecule has 0 N–H and O–H groups in total. The lowest BCUT2D eigenvalue weighted by Gasteiger charge is -2.35. The average Bonchev–Trinajstić information content (AvgIpc) is 2.47. The van der Waals surface area contributed by atoms with Gasteiger partial charge in [-0.25, -0.2) is 0 Å². The molecule has 0 atom stereocenters. The molecule has 100 valence electrons. The Morgan fingerprint density at radius 1 is 1.17 bits per heavy atom. The van der Waals surface area contributed by atoms with E-state index in [0.29, 0.717) is 5.41 Å². The maximum atomic E-state index is 5.18. The summed E-state index contributed by atoms with van der Waals surface area (Å²) >= 11 is 6.56. The number of ether oxygens (including phenoxy) is 1. The maximum Gasteiger partial charge on any atom is 0.118 e. The van der Waals surface area contributed by atoms with Crippen LogP contribution in [0.5, 0.6) is 5.75 Å². The van der Waals surface area contributed by atoms with Gasteiger partial charge in [0.25, 0.3) is 0 Å². The van der Waals surface area contributed by atoms with Crippen LogP contribution in [0.1, 0.15) is 32.1 Å². The monoisotopic (exact) mass is 282 g/mol. The highest BCUT2D eigenvalue weighted by atomic mass is 32.2. The molecule has 1 aromatic carbocycles. The summed E-state index contributed by atoms with van der Waals surface area (Å²) in [7, 11) is 1.71. The van der Waals surface area contributed by atoms with E-state index in [2.05, 4.69) is 24.8 Å². The van der Waals surface area contributed by atoms with Gasteiger partial charge in [-0.15, -0.1) is 11.8 Å². The first kappa shape index (κ1) is 14.1. The molecule has 0 radical (unpaired) electrons. The van der Waals surface area contributed by atoms with Crippen LogP contribution in [-0.4, -0.2) is 18.6 Å². The van der Waals surface area contributed by atoms with Crippen molar-refractivity contribution in [2.75, 3.05) is 18.6 Å². The molecule has 0 amide bonds. The van der Waals surface area contributed by atoms with Crippen LogP contribution in [0.4, 0.5) is 0 Å². The third-order valence-corrected chi connectivity index (χ3v) is 5.89. The molecule has 2 rings (SSSR count). The molecule has 0 aromatic heterocycles. The van der Waals surface area contributed by atoms with Crippen LogP contribution in [0.15, 0.2) is 29.2 Å². The highest BCUT2D eigenvalue weighted by Gasteiger charge is 2.30. The number of thioether (sulfide) groups is 1. The second-order valence-corrected chi connectivity index (χ2v) is 6.55. The molecule has 1 saturated carbocycles. The third-order valence-electron chi connectivity index (χ3n) is 3.85. The van der Waals surface area contributed by atoms with Crippen molar-refractivity contribution in [2.45, 2.75) is 37.0 Å². The third kappa shape index (κ3) is 3.61. The lowest BCUT2D eigenvalue weighted by Crippen LogP contribution is -2.28. The number of hydrogen-bond donors (Lipinski definition) is 1. The van der Waals surface area contributed by atoms with E-state index >= 15 is 0 Å². The lowest BCUT2D eigenvalue weighted by atomic mass is 9.77. The summed E-state index contributed by atoms with van der Waals surface area (Å²) in [6.45, 7) is 0. The summed E-state index contributed by atoms with van der Waals surface area (Å²) in [4.78, 5) is 1.34. The second-order valence-electron chi connectivity index (χ2n) is 5.18. The first-order chi connectivity index (χ1) is 8.78. The summed E-state index contributed by atoms with van der Waals surface area (Å²) in [6.07, 6.45) is 6.86. The van der Waals surface area contributed by atoms with Gasteiger partial charge >= 0.3 is 0 Å². The fourth-order valence-corrected chi connectivity index (χ4v) is 4.33. The average molecular weight is 282 g/mol. The van der Waals surface area contributed by atoms with Crippen molar-refractivity contribution in [3.8, 4) is 5.75 Å². The zero-order valence-electron chi connectivity index (χ0n) is 11.0.